The van der Waals surface area contributed by atoms with E-state index in [1.54, 1.807) is 13.0 Å². The third-order valence-corrected chi connectivity index (χ3v) is 4.41. The Labute approximate surface area is 163 Å². The first kappa shape index (κ1) is 18.9. The van der Waals surface area contributed by atoms with Crippen molar-refractivity contribution in [3.63, 3.8) is 0 Å². The molecule has 0 spiro atoms. The van der Waals surface area contributed by atoms with Crippen LogP contribution in [0.5, 0.6) is 0 Å². The van der Waals surface area contributed by atoms with Crippen molar-refractivity contribution in [2.24, 2.45) is 0 Å². The van der Waals surface area contributed by atoms with Gasteiger partial charge in [-0.1, -0.05) is 24.3 Å². The molecule has 0 aliphatic heterocycles. The van der Waals surface area contributed by atoms with Gasteiger partial charge >= 0.3 is 6.18 Å². The van der Waals surface area contributed by atoms with E-state index in [0.29, 0.717) is 17.2 Å². The Hall–Kier alpha value is -3.42. The van der Waals surface area contributed by atoms with Crippen LogP contribution in [0.4, 0.5) is 29.1 Å². The average Bonchev–Trinajstić information content (AvgIpc) is 3.02. The number of nitrogens with zero attached hydrogens (tertiary/aromatic N) is 3. The lowest BCUT2D eigenvalue weighted by atomic mass is 10.1. The number of hydrogen-bond acceptors (Lipinski definition) is 3. The highest BCUT2D eigenvalue weighted by Crippen LogP contribution is 2.39. The molecule has 0 atom stereocenters. The van der Waals surface area contributed by atoms with E-state index in [-0.39, 0.29) is 16.8 Å². The van der Waals surface area contributed by atoms with E-state index in [2.05, 4.69) is 15.4 Å². The van der Waals surface area contributed by atoms with Gasteiger partial charge in [0.1, 0.15) is 11.6 Å². The first-order chi connectivity index (χ1) is 13.7. The van der Waals surface area contributed by atoms with E-state index in [0.717, 1.165) is 22.2 Å². The van der Waals surface area contributed by atoms with Gasteiger partial charge in [-0.3, -0.25) is 0 Å². The number of hydrogen-bond donors (Lipinski definition) is 1. The first-order valence-corrected chi connectivity index (χ1v) is 8.79. The normalized spacial score (nSPS) is 11.8. The van der Waals surface area contributed by atoms with Crippen molar-refractivity contribution in [2.45, 2.75) is 20.0 Å². The van der Waals surface area contributed by atoms with Crippen molar-refractivity contribution < 1.29 is 17.6 Å². The largest absolute Gasteiger partial charge is 0.435 e. The average molecular weight is 400 g/mol. The van der Waals surface area contributed by atoms with Crippen LogP contribution in [0.25, 0.3) is 16.8 Å². The van der Waals surface area contributed by atoms with Crippen LogP contribution >= 0.6 is 0 Å². The van der Waals surface area contributed by atoms with Gasteiger partial charge in [0.25, 0.3) is 0 Å². The number of aryl methyl sites for hydroxylation is 2. The number of aromatic nitrogens is 3. The molecule has 8 heteroatoms. The maximum atomic E-state index is 13.8. The molecule has 2 heterocycles. The summed E-state index contributed by atoms with van der Waals surface area (Å²) in [6.07, 6.45) is -4.70. The molecule has 0 unspecified atom stereocenters. The van der Waals surface area contributed by atoms with Gasteiger partial charge in [0, 0.05) is 17.4 Å². The van der Waals surface area contributed by atoms with Gasteiger partial charge in [-0.05, 0) is 49.2 Å². The van der Waals surface area contributed by atoms with Crippen LogP contribution in [0.2, 0.25) is 0 Å². The molecule has 148 valence electrons. The Kier molecular flexibility index (Phi) is 4.49. The molecular formula is C21H16F4N4. The molecule has 4 aromatic rings. The van der Waals surface area contributed by atoms with Crippen molar-refractivity contribution >= 4 is 17.2 Å². The predicted octanol–water partition coefficient (Wildman–Crippen LogP) is 5.91. The highest BCUT2D eigenvalue weighted by Gasteiger charge is 2.39. The SMILES string of the molecule is Cc1cccc(Nc2cc(C)nc3c(-c4ccc(F)cc4)c(C(F)(F)F)nn23)c1. The zero-order chi connectivity index (χ0) is 20.8. The fraction of sp³-hybridized carbons (Fsp3) is 0.143. The fourth-order valence-corrected chi connectivity index (χ4v) is 3.18. The Balaban J connectivity index is 1.97. The number of fused-ring (bicyclic) bond motifs is 1. The monoisotopic (exact) mass is 400 g/mol. The number of nitrogens with one attached hydrogen (secondary N) is 1. The molecule has 0 bridgehead atoms. The minimum absolute atomic E-state index is 0.0408. The summed E-state index contributed by atoms with van der Waals surface area (Å²) in [7, 11) is 0. The lowest BCUT2D eigenvalue weighted by Crippen LogP contribution is -2.08. The fourth-order valence-electron chi connectivity index (χ4n) is 3.18. The molecule has 0 saturated heterocycles. The molecule has 2 aromatic heterocycles. The van der Waals surface area contributed by atoms with Gasteiger partial charge in [0.05, 0.1) is 5.56 Å². The van der Waals surface area contributed by atoms with Crippen LogP contribution in [0.3, 0.4) is 0 Å². The topological polar surface area (TPSA) is 42.2 Å². The molecule has 0 aliphatic rings. The van der Waals surface area contributed by atoms with Crippen LogP contribution < -0.4 is 5.32 Å². The zero-order valence-corrected chi connectivity index (χ0v) is 15.5. The third kappa shape index (κ3) is 3.65. The second kappa shape index (κ2) is 6.88. The van der Waals surface area contributed by atoms with E-state index in [4.69, 9.17) is 0 Å². The number of anilines is 2. The highest BCUT2D eigenvalue weighted by atomic mass is 19.4. The van der Waals surface area contributed by atoms with Crippen molar-refractivity contribution in [1.29, 1.82) is 0 Å². The summed E-state index contributed by atoms with van der Waals surface area (Å²) >= 11 is 0. The molecule has 0 radical (unpaired) electrons. The van der Waals surface area contributed by atoms with Crippen molar-refractivity contribution in [3.05, 3.63) is 77.4 Å². The van der Waals surface area contributed by atoms with E-state index in [9.17, 15) is 17.6 Å². The van der Waals surface area contributed by atoms with Crippen molar-refractivity contribution in [2.75, 3.05) is 5.32 Å². The van der Waals surface area contributed by atoms with Crippen LogP contribution in [0.1, 0.15) is 17.0 Å². The van der Waals surface area contributed by atoms with Gasteiger partial charge in [-0.25, -0.2) is 9.37 Å². The van der Waals surface area contributed by atoms with Gasteiger partial charge in [0.2, 0.25) is 0 Å². The van der Waals surface area contributed by atoms with E-state index in [1.165, 1.54) is 12.1 Å². The molecule has 0 amide bonds. The quantitative estimate of drug-likeness (QED) is 0.435. The predicted molar refractivity (Wildman–Crippen MR) is 103 cm³/mol. The summed E-state index contributed by atoms with van der Waals surface area (Å²) in [5.41, 5.74) is 1.20. The van der Waals surface area contributed by atoms with Crippen LogP contribution in [-0.4, -0.2) is 14.6 Å². The number of benzene rings is 2. The Bertz CT molecular complexity index is 1190. The Morgan fingerprint density at radius 1 is 0.966 bits per heavy atom. The summed E-state index contributed by atoms with van der Waals surface area (Å²) < 4.78 is 55.7. The lowest BCUT2D eigenvalue weighted by molar-refractivity contribution is -0.140. The Morgan fingerprint density at radius 3 is 2.34 bits per heavy atom. The second-order valence-electron chi connectivity index (χ2n) is 6.74. The number of rotatable bonds is 3. The Morgan fingerprint density at radius 2 is 1.69 bits per heavy atom. The number of alkyl halides is 3. The summed E-state index contributed by atoms with van der Waals surface area (Å²) in [5.74, 6) is -0.193. The molecule has 0 saturated carbocycles. The summed E-state index contributed by atoms with van der Waals surface area (Å²) in [6.45, 7) is 3.61. The van der Waals surface area contributed by atoms with Crippen LogP contribution in [0, 0.1) is 19.7 Å². The smallest absolute Gasteiger partial charge is 0.340 e. The van der Waals surface area contributed by atoms with E-state index >= 15 is 0 Å². The van der Waals surface area contributed by atoms with Gasteiger partial charge in [-0.15, -0.1) is 0 Å². The minimum atomic E-state index is -4.70. The van der Waals surface area contributed by atoms with E-state index < -0.39 is 17.7 Å². The molecule has 29 heavy (non-hydrogen) atoms. The summed E-state index contributed by atoms with van der Waals surface area (Å²) in [4.78, 5) is 4.30. The molecule has 1 N–H and O–H groups in total. The minimum Gasteiger partial charge on any atom is -0.340 e. The van der Waals surface area contributed by atoms with Crippen molar-refractivity contribution in [3.8, 4) is 11.1 Å². The zero-order valence-electron chi connectivity index (χ0n) is 15.5. The summed E-state index contributed by atoms with van der Waals surface area (Å²) in [6, 6.07) is 13.9. The standard InChI is InChI=1S/C21H16F4N4/c1-12-4-3-5-16(10-12)27-17-11-13(2)26-20-18(14-6-8-15(22)9-7-14)19(21(23,24)25)28-29(17)20/h3-11,27H,1-2H3. The molecule has 4 nitrogen and oxygen atoms in total. The van der Waals surface area contributed by atoms with Gasteiger partial charge in [0.15, 0.2) is 11.3 Å². The second-order valence-corrected chi connectivity index (χ2v) is 6.74. The van der Waals surface area contributed by atoms with Gasteiger partial charge in [-0.2, -0.15) is 22.8 Å². The van der Waals surface area contributed by atoms with Crippen molar-refractivity contribution in [1.82, 2.24) is 14.6 Å². The van der Waals surface area contributed by atoms with E-state index in [1.807, 2.05) is 31.2 Å². The lowest BCUT2D eigenvalue weighted by Gasteiger charge is -2.10. The molecule has 4 rings (SSSR count). The van der Waals surface area contributed by atoms with Crippen LogP contribution in [0.15, 0.2) is 54.6 Å². The molecule has 2 aromatic carbocycles. The highest BCUT2D eigenvalue weighted by molar-refractivity contribution is 5.82. The third-order valence-electron chi connectivity index (χ3n) is 4.41. The maximum Gasteiger partial charge on any atom is 0.435 e. The number of halogens is 4. The first-order valence-electron chi connectivity index (χ1n) is 8.79. The molecule has 0 aliphatic carbocycles. The summed E-state index contributed by atoms with van der Waals surface area (Å²) in [5, 5.41) is 6.93. The van der Waals surface area contributed by atoms with Gasteiger partial charge < -0.3 is 5.32 Å². The molecule has 0 fully saturated rings. The van der Waals surface area contributed by atoms with Crippen LogP contribution in [-0.2, 0) is 6.18 Å². The maximum absolute atomic E-state index is 13.8. The molecular weight excluding hydrogens is 384 g/mol.